The van der Waals surface area contributed by atoms with Gasteiger partial charge in [-0.15, -0.1) is 12.4 Å². The topological polar surface area (TPSA) is 23.6 Å². The highest BCUT2D eigenvalue weighted by Crippen LogP contribution is 2.08. The first-order valence-electron chi connectivity index (χ1n) is 6.38. The molecule has 0 atom stereocenters. The molecule has 3 nitrogen and oxygen atoms in total. The van der Waals surface area contributed by atoms with E-state index in [0.717, 1.165) is 38.3 Å². The Hall–Kier alpha value is -1.06. The van der Waals surface area contributed by atoms with Crippen molar-refractivity contribution >= 4 is 18.3 Å². The maximum atomic E-state index is 12.2. The van der Waals surface area contributed by atoms with E-state index in [0.29, 0.717) is 0 Å². The quantitative estimate of drug-likeness (QED) is 0.840. The molecule has 0 N–H and O–H groups in total. The van der Waals surface area contributed by atoms with Gasteiger partial charge in [-0.25, -0.2) is 0 Å². The van der Waals surface area contributed by atoms with Crippen molar-refractivity contribution in [1.82, 2.24) is 9.80 Å². The van der Waals surface area contributed by atoms with Crippen LogP contribution in [0.2, 0.25) is 0 Å². The van der Waals surface area contributed by atoms with Crippen LogP contribution < -0.4 is 0 Å². The Kier molecular flexibility index (Phi) is 6.16. The van der Waals surface area contributed by atoms with Gasteiger partial charge in [-0.1, -0.05) is 25.1 Å². The number of amides is 1. The normalized spacial score (nSPS) is 16.2. The minimum Gasteiger partial charge on any atom is -0.336 e. The zero-order valence-corrected chi connectivity index (χ0v) is 11.7. The Labute approximate surface area is 115 Å². The fraction of sp³-hybridized carbons (Fsp3) is 0.500. The Bertz CT molecular complexity index is 361. The van der Waals surface area contributed by atoms with Crippen molar-refractivity contribution in [1.29, 1.82) is 0 Å². The fourth-order valence-corrected chi connectivity index (χ4v) is 2.25. The number of carbonyl (C=O) groups excluding carboxylic acids is 1. The van der Waals surface area contributed by atoms with Crippen molar-refractivity contribution in [3.8, 4) is 0 Å². The molecule has 1 saturated heterocycles. The van der Waals surface area contributed by atoms with Crippen molar-refractivity contribution in [2.75, 3.05) is 32.7 Å². The molecule has 2 rings (SSSR count). The molecule has 4 heteroatoms. The molecule has 1 heterocycles. The van der Waals surface area contributed by atoms with Gasteiger partial charge in [0.25, 0.3) is 5.91 Å². The minimum absolute atomic E-state index is 0. The molecule has 0 bridgehead atoms. The number of rotatable bonds is 3. The molecule has 0 saturated carbocycles. The fourth-order valence-electron chi connectivity index (χ4n) is 2.25. The summed E-state index contributed by atoms with van der Waals surface area (Å²) in [7, 11) is 0. The van der Waals surface area contributed by atoms with Crippen LogP contribution in [-0.4, -0.2) is 48.4 Å². The number of carbonyl (C=O) groups is 1. The number of nitrogens with zero attached hydrogens (tertiary/aromatic N) is 2. The molecule has 0 unspecified atom stereocenters. The summed E-state index contributed by atoms with van der Waals surface area (Å²) in [5.74, 6) is 0.168. The van der Waals surface area contributed by atoms with Crippen molar-refractivity contribution in [2.24, 2.45) is 0 Å². The van der Waals surface area contributed by atoms with E-state index in [-0.39, 0.29) is 18.3 Å². The predicted molar refractivity (Wildman–Crippen MR) is 76.3 cm³/mol. The second-order valence-electron chi connectivity index (χ2n) is 4.50. The molecule has 1 aliphatic rings. The summed E-state index contributed by atoms with van der Waals surface area (Å²) in [6, 6.07) is 9.55. The van der Waals surface area contributed by atoms with Gasteiger partial charge in [0.1, 0.15) is 0 Å². The Morgan fingerprint density at radius 2 is 1.72 bits per heavy atom. The highest BCUT2D eigenvalue weighted by atomic mass is 35.5. The lowest BCUT2D eigenvalue weighted by Gasteiger charge is -2.34. The SMILES string of the molecule is CCCN1CCN(C(=O)c2ccccc2)CC1.Cl. The average Bonchev–Trinajstić information content (AvgIpc) is 2.40. The molecule has 1 fully saturated rings. The molecule has 0 aliphatic carbocycles. The van der Waals surface area contributed by atoms with Crippen LogP contribution >= 0.6 is 12.4 Å². The van der Waals surface area contributed by atoms with Gasteiger partial charge in [-0.05, 0) is 25.1 Å². The number of halogens is 1. The molecule has 0 spiro atoms. The van der Waals surface area contributed by atoms with E-state index < -0.39 is 0 Å². The number of benzene rings is 1. The van der Waals surface area contributed by atoms with E-state index in [1.54, 1.807) is 0 Å². The highest BCUT2D eigenvalue weighted by Gasteiger charge is 2.21. The third-order valence-corrected chi connectivity index (χ3v) is 3.22. The third kappa shape index (κ3) is 3.72. The summed E-state index contributed by atoms with van der Waals surface area (Å²) in [6.45, 7) is 7.06. The lowest BCUT2D eigenvalue weighted by molar-refractivity contribution is 0.0637. The Morgan fingerprint density at radius 1 is 1.11 bits per heavy atom. The van der Waals surface area contributed by atoms with Crippen molar-refractivity contribution in [2.45, 2.75) is 13.3 Å². The highest BCUT2D eigenvalue weighted by molar-refractivity contribution is 5.94. The van der Waals surface area contributed by atoms with E-state index in [4.69, 9.17) is 0 Å². The second-order valence-corrected chi connectivity index (χ2v) is 4.50. The van der Waals surface area contributed by atoms with Gasteiger partial charge in [0.2, 0.25) is 0 Å². The minimum atomic E-state index is 0. The molecule has 18 heavy (non-hydrogen) atoms. The van der Waals surface area contributed by atoms with Crippen LogP contribution in [0.25, 0.3) is 0 Å². The third-order valence-electron chi connectivity index (χ3n) is 3.22. The van der Waals surface area contributed by atoms with Gasteiger partial charge in [-0.2, -0.15) is 0 Å². The molecule has 1 aromatic carbocycles. The maximum Gasteiger partial charge on any atom is 0.253 e. The van der Waals surface area contributed by atoms with Gasteiger partial charge in [-0.3, -0.25) is 9.69 Å². The van der Waals surface area contributed by atoms with Crippen molar-refractivity contribution < 1.29 is 4.79 Å². The molecular formula is C14H21ClN2O. The van der Waals surface area contributed by atoms with Crippen LogP contribution in [0.15, 0.2) is 30.3 Å². The first kappa shape index (κ1) is 15.0. The summed E-state index contributed by atoms with van der Waals surface area (Å²) in [4.78, 5) is 16.6. The van der Waals surface area contributed by atoms with Crippen LogP contribution in [0.1, 0.15) is 23.7 Å². The molecule has 1 aliphatic heterocycles. The van der Waals surface area contributed by atoms with Gasteiger partial charge < -0.3 is 4.90 Å². The van der Waals surface area contributed by atoms with Crippen LogP contribution in [0.3, 0.4) is 0 Å². The summed E-state index contributed by atoms with van der Waals surface area (Å²) in [5, 5.41) is 0. The molecule has 0 radical (unpaired) electrons. The number of hydrogen-bond donors (Lipinski definition) is 0. The van der Waals surface area contributed by atoms with E-state index in [1.807, 2.05) is 35.2 Å². The first-order valence-corrected chi connectivity index (χ1v) is 6.38. The van der Waals surface area contributed by atoms with Crippen molar-refractivity contribution in [3.05, 3.63) is 35.9 Å². The van der Waals surface area contributed by atoms with Crippen LogP contribution in [0.4, 0.5) is 0 Å². The summed E-state index contributed by atoms with van der Waals surface area (Å²) in [5.41, 5.74) is 0.802. The zero-order chi connectivity index (χ0) is 12.1. The average molecular weight is 269 g/mol. The molecule has 0 aromatic heterocycles. The van der Waals surface area contributed by atoms with Gasteiger partial charge in [0, 0.05) is 31.7 Å². The Morgan fingerprint density at radius 3 is 2.28 bits per heavy atom. The zero-order valence-electron chi connectivity index (χ0n) is 10.8. The Balaban J connectivity index is 0.00000162. The second kappa shape index (κ2) is 7.39. The largest absolute Gasteiger partial charge is 0.336 e. The van der Waals surface area contributed by atoms with Crippen molar-refractivity contribution in [3.63, 3.8) is 0 Å². The summed E-state index contributed by atoms with van der Waals surface area (Å²) in [6.07, 6.45) is 1.19. The molecule has 1 aromatic rings. The van der Waals surface area contributed by atoms with E-state index in [2.05, 4.69) is 11.8 Å². The lowest BCUT2D eigenvalue weighted by Crippen LogP contribution is -2.48. The lowest BCUT2D eigenvalue weighted by atomic mass is 10.2. The van der Waals surface area contributed by atoms with Crippen LogP contribution in [0, 0.1) is 0 Å². The van der Waals surface area contributed by atoms with E-state index in [1.165, 1.54) is 6.42 Å². The first-order chi connectivity index (χ1) is 8.31. The monoisotopic (exact) mass is 268 g/mol. The van der Waals surface area contributed by atoms with Gasteiger partial charge in [0.05, 0.1) is 0 Å². The number of piperazine rings is 1. The van der Waals surface area contributed by atoms with Crippen LogP contribution in [0.5, 0.6) is 0 Å². The number of hydrogen-bond acceptors (Lipinski definition) is 2. The van der Waals surface area contributed by atoms with E-state index in [9.17, 15) is 4.79 Å². The van der Waals surface area contributed by atoms with Gasteiger partial charge in [0.15, 0.2) is 0 Å². The summed E-state index contributed by atoms with van der Waals surface area (Å²) >= 11 is 0. The van der Waals surface area contributed by atoms with E-state index >= 15 is 0 Å². The summed E-state index contributed by atoms with van der Waals surface area (Å²) < 4.78 is 0. The van der Waals surface area contributed by atoms with Gasteiger partial charge >= 0.3 is 0 Å². The van der Waals surface area contributed by atoms with Crippen LogP contribution in [-0.2, 0) is 0 Å². The maximum absolute atomic E-state index is 12.2. The predicted octanol–water partition coefficient (Wildman–Crippen LogP) is 2.28. The standard InChI is InChI=1S/C14H20N2O.ClH/c1-2-8-15-9-11-16(12-10-15)14(17)13-6-4-3-5-7-13;/h3-7H,2,8-12H2,1H3;1H. The molecule has 100 valence electrons. The smallest absolute Gasteiger partial charge is 0.253 e. The molecule has 1 amide bonds. The molecular weight excluding hydrogens is 248 g/mol.